The van der Waals surface area contributed by atoms with E-state index in [4.69, 9.17) is 4.74 Å². The average molecular weight is 377 g/mol. The Hall–Kier alpha value is -2.95. The molecule has 0 radical (unpaired) electrons. The number of imide groups is 1. The Bertz CT molecular complexity index is 908. The van der Waals surface area contributed by atoms with Crippen molar-refractivity contribution < 1.29 is 19.1 Å². The van der Waals surface area contributed by atoms with Crippen LogP contribution in [0.2, 0.25) is 0 Å². The average Bonchev–Trinajstić information content (AvgIpc) is 2.99. The molecule has 2 aliphatic rings. The Labute approximate surface area is 164 Å². The molecular weight excluding hydrogens is 354 g/mol. The van der Waals surface area contributed by atoms with Crippen molar-refractivity contribution in [2.45, 2.75) is 32.1 Å². The first kappa shape index (κ1) is 18.4. The Kier molecular flexibility index (Phi) is 4.99. The van der Waals surface area contributed by atoms with Gasteiger partial charge in [-0.2, -0.15) is 0 Å². The van der Waals surface area contributed by atoms with Crippen LogP contribution in [0.4, 0.5) is 5.69 Å². The summed E-state index contributed by atoms with van der Waals surface area (Å²) in [6, 6.07) is 16.8. The van der Waals surface area contributed by atoms with Gasteiger partial charge in [0.2, 0.25) is 11.8 Å². The molecule has 0 spiro atoms. The normalized spacial score (nSPS) is 24.2. The second-order valence-corrected chi connectivity index (χ2v) is 7.42. The van der Waals surface area contributed by atoms with Crippen molar-refractivity contribution in [3.63, 3.8) is 0 Å². The number of ether oxygens (including phenoxy) is 1. The second-order valence-electron chi connectivity index (χ2n) is 7.42. The first-order valence-electron chi connectivity index (χ1n) is 9.80. The van der Waals surface area contributed by atoms with Crippen molar-refractivity contribution in [3.8, 4) is 0 Å². The maximum atomic E-state index is 13.1. The van der Waals surface area contributed by atoms with Crippen LogP contribution in [-0.4, -0.2) is 24.4 Å². The summed E-state index contributed by atoms with van der Waals surface area (Å²) in [7, 11) is 0. The van der Waals surface area contributed by atoms with Gasteiger partial charge in [0.05, 0.1) is 29.7 Å². The first-order chi connectivity index (χ1) is 13.6. The summed E-state index contributed by atoms with van der Waals surface area (Å²) in [6.07, 6.45) is 2.30. The summed E-state index contributed by atoms with van der Waals surface area (Å²) in [4.78, 5) is 39.4. The molecule has 5 heteroatoms. The van der Waals surface area contributed by atoms with E-state index in [1.54, 1.807) is 31.2 Å². The number of nitrogens with zero attached hydrogens (tertiary/aromatic N) is 1. The summed E-state index contributed by atoms with van der Waals surface area (Å²) in [5.41, 5.74) is 2.02. The minimum Gasteiger partial charge on any atom is -0.462 e. The molecule has 0 unspecified atom stereocenters. The molecule has 0 bridgehead atoms. The lowest BCUT2D eigenvalue weighted by Gasteiger charge is -2.28. The van der Waals surface area contributed by atoms with E-state index in [9.17, 15) is 14.4 Å². The highest BCUT2D eigenvalue weighted by atomic mass is 16.5. The predicted molar refractivity (Wildman–Crippen MR) is 105 cm³/mol. The molecule has 0 aromatic heterocycles. The minimum absolute atomic E-state index is 0.150. The van der Waals surface area contributed by atoms with Crippen LogP contribution in [0.5, 0.6) is 0 Å². The Balaban J connectivity index is 1.58. The molecule has 144 valence electrons. The molecule has 4 rings (SSSR count). The molecule has 1 saturated carbocycles. The van der Waals surface area contributed by atoms with Gasteiger partial charge < -0.3 is 4.74 Å². The van der Waals surface area contributed by atoms with Gasteiger partial charge in [-0.1, -0.05) is 36.4 Å². The second kappa shape index (κ2) is 7.58. The molecule has 3 atom stereocenters. The number of carbonyl (C=O) groups excluding carboxylic acids is 3. The summed E-state index contributed by atoms with van der Waals surface area (Å²) >= 11 is 0. The largest absolute Gasteiger partial charge is 0.462 e. The number of carbonyl (C=O) groups is 3. The van der Waals surface area contributed by atoms with Gasteiger partial charge in [-0.15, -0.1) is 0 Å². The van der Waals surface area contributed by atoms with Crippen molar-refractivity contribution in [2.75, 3.05) is 11.5 Å². The lowest BCUT2D eigenvalue weighted by Crippen LogP contribution is -2.31. The number of fused-ring (bicyclic) bond motifs is 1. The van der Waals surface area contributed by atoms with Crippen molar-refractivity contribution in [1.82, 2.24) is 0 Å². The van der Waals surface area contributed by atoms with Crippen LogP contribution in [0.15, 0.2) is 54.6 Å². The third-order valence-corrected chi connectivity index (χ3v) is 5.81. The highest BCUT2D eigenvalue weighted by molar-refractivity contribution is 6.22. The number of benzene rings is 2. The molecule has 0 N–H and O–H groups in total. The molecule has 2 aromatic carbocycles. The zero-order valence-electron chi connectivity index (χ0n) is 15.8. The van der Waals surface area contributed by atoms with Crippen LogP contribution in [0, 0.1) is 11.8 Å². The van der Waals surface area contributed by atoms with E-state index in [2.05, 4.69) is 12.1 Å². The van der Waals surface area contributed by atoms with Crippen LogP contribution in [0.1, 0.15) is 48.0 Å². The summed E-state index contributed by atoms with van der Waals surface area (Å²) in [6.45, 7) is 2.01. The Morgan fingerprint density at radius 3 is 2.50 bits per heavy atom. The third-order valence-electron chi connectivity index (χ3n) is 5.81. The van der Waals surface area contributed by atoms with Crippen molar-refractivity contribution >= 4 is 23.5 Å². The van der Waals surface area contributed by atoms with Gasteiger partial charge in [-0.25, -0.2) is 4.79 Å². The van der Waals surface area contributed by atoms with E-state index >= 15 is 0 Å². The summed E-state index contributed by atoms with van der Waals surface area (Å²) in [5, 5.41) is 0. The van der Waals surface area contributed by atoms with Gasteiger partial charge in [-0.05, 0) is 55.9 Å². The van der Waals surface area contributed by atoms with Crippen LogP contribution in [0.3, 0.4) is 0 Å². The van der Waals surface area contributed by atoms with Crippen molar-refractivity contribution in [1.29, 1.82) is 0 Å². The molecular formula is C23H23NO4. The van der Waals surface area contributed by atoms with Crippen LogP contribution < -0.4 is 4.90 Å². The quantitative estimate of drug-likeness (QED) is 0.598. The Morgan fingerprint density at radius 1 is 1.00 bits per heavy atom. The van der Waals surface area contributed by atoms with Gasteiger partial charge in [0.25, 0.3) is 0 Å². The zero-order chi connectivity index (χ0) is 19.7. The lowest BCUT2D eigenvalue weighted by atomic mass is 9.73. The van der Waals surface area contributed by atoms with Crippen LogP contribution >= 0.6 is 0 Å². The van der Waals surface area contributed by atoms with Gasteiger partial charge >= 0.3 is 5.97 Å². The molecule has 1 aliphatic carbocycles. The minimum atomic E-state index is -0.454. The van der Waals surface area contributed by atoms with Crippen molar-refractivity contribution in [2.24, 2.45) is 11.8 Å². The number of esters is 1. The lowest BCUT2D eigenvalue weighted by molar-refractivity contribution is -0.122. The molecule has 1 aliphatic heterocycles. The number of hydrogen-bond acceptors (Lipinski definition) is 4. The number of anilines is 1. The standard InChI is InChI=1S/C23H23NO4/c1-2-28-23(27)17-9-6-10-18(13-17)24-21(25)19-12-11-16(14-20(19)22(24)26)15-7-4-3-5-8-15/h3-10,13,16,19-20H,2,11-12,14H2,1H3/t16-,19+,20+/m0/s1. The van der Waals surface area contributed by atoms with E-state index in [1.165, 1.54) is 10.5 Å². The zero-order valence-corrected chi connectivity index (χ0v) is 15.8. The number of rotatable bonds is 4. The van der Waals surface area contributed by atoms with E-state index < -0.39 is 5.97 Å². The fraction of sp³-hybridized carbons (Fsp3) is 0.348. The molecule has 2 amide bonds. The van der Waals surface area contributed by atoms with Gasteiger partial charge in [0.15, 0.2) is 0 Å². The van der Waals surface area contributed by atoms with Gasteiger partial charge in [0.1, 0.15) is 0 Å². The molecule has 5 nitrogen and oxygen atoms in total. The van der Waals surface area contributed by atoms with Crippen molar-refractivity contribution in [3.05, 3.63) is 65.7 Å². The maximum Gasteiger partial charge on any atom is 0.338 e. The fourth-order valence-corrected chi connectivity index (χ4v) is 4.45. The molecule has 1 saturated heterocycles. The topological polar surface area (TPSA) is 63.7 Å². The SMILES string of the molecule is CCOC(=O)c1cccc(N2C(=O)[C@@H]3CC[C@H](c4ccccc4)C[C@H]3C2=O)c1. The fourth-order valence-electron chi connectivity index (χ4n) is 4.45. The Morgan fingerprint density at radius 2 is 1.75 bits per heavy atom. The van der Waals surface area contributed by atoms with Gasteiger partial charge in [-0.3, -0.25) is 14.5 Å². The highest BCUT2D eigenvalue weighted by Gasteiger charge is 2.50. The third kappa shape index (κ3) is 3.21. The van der Waals surface area contributed by atoms with E-state index in [0.29, 0.717) is 30.0 Å². The summed E-state index contributed by atoms with van der Waals surface area (Å²) < 4.78 is 5.03. The number of amides is 2. The predicted octanol–water partition coefficient (Wildman–Crippen LogP) is 3.94. The molecule has 2 fully saturated rings. The highest BCUT2D eigenvalue weighted by Crippen LogP contribution is 2.45. The molecule has 1 heterocycles. The summed E-state index contributed by atoms with van der Waals surface area (Å²) in [5.74, 6) is -1.02. The molecule has 2 aromatic rings. The molecule has 28 heavy (non-hydrogen) atoms. The number of hydrogen-bond donors (Lipinski definition) is 0. The van der Waals surface area contributed by atoms with Crippen LogP contribution in [-0.2, 0) is 14.3 Å². The smallest absolute Gasteiger partial charge is 0.338 e. The monoisotopic (exact) mass is 377 g/mol. The van der Waals surface area contributed by atoms with E-state index in [0.717, 1.165) is 6.42 Å². The van der Waals surface area contributed by atoms with E-state index in [-0.39, 0.29) is 30.3 Å². The van der Waals surface area contributed by atoms with E-state index in [1.807, 2.05) is 18.2 Å². The maximum absolute atomic E-state index is 13.1. The first-order valence-corrected chi connectivity index (χ1v) is 9.80. The van der Waals surface area contributed by atoms with Crippen LogP contribution in [0.25, 0.3) is 0 Å². The van der Waals surface area contributed by atoms with Gasteiger partial charge in [0, 0.05) is 0 Å².